The number of aromatic nitrogens is 2. The Bertz CT molecular complexity index is 722. The highest BCUT2D eigenvalue weighted by molar-refractivity contribution is 7.89. The van der Waals surface area contributed by atoms with Crippen molar-refractivity contribution in [2.45, 2.75) is 18.4 Å². The molecule has 2 aromatic rings. The summed E-state index contributed by atoms with van der Waals surface area (Å²) < 4.78 is 31.3. The third kappa shape index (κ3) is 3.21. The number of halogens is 2. The van der Waals surface area contributed by atoms with E-state index >= 15 is 0 Å². The first-order valence-corrected chi connectivity index (χ1v) is 7.57. The van der Waals surface area contributed by atoms with Gasteiger partial charge in [-0.15, -0.1) is 0 Å². The Morgan fingerprint density at radius 3 is 2.45 bits per heavy atom. The SMILES string of the molecule is Cc1nc(CNS(=O)(=O)c2c(Cl)cc(N)cc2Cl)no1. The van der Waals surface area contributed by atoms with Gasteiger partial charge >= 0.3 is 0 Å². The number of anilines is 1. The number of sulfonamides is 1. The molecular weight excluding hydrogens is 327 g/mol. The summed E-state index contributed by atoms with van der Waals surface area (Å²) in [4.78, 5) is 3.64. The lowest BCUT2D eigenvalue weighted by atomic mass is 10.3. The summed E-state index contributed by atoms with van der Waals surface area (Å²) in [7, 11) is -3.92. The fraction of sp³-hybridized carbons (Fsp3) is 0.200. The van der Waals surface area contributed by atoms with E-state index in [1.165, 1.54) is 12.1 Å². The molecule has 0 radical (unpaired) electrons. The summed E-state index contributed by atoms with van der Waals surface area (Å²) in [6.45, 7) is 1.45. The van der Waals surface area contributed by atoms with Crippen molar-refractivity contribution in [3.05, 3.63) is 33.9 Å². The number of aryl methyl sites for hydroxylation is 1. The van der Waals surface area contributed by atoms with E-state index in [1.807, 2.05) is 0 Å². The summed E-state index contributed by atoms with van der Waals surface area (Å²) in [5, 5.41) is 3.45. The van der Waals surface area contributed by atoms with E-state index in [0.717, 1.165) is 0 Å². The summed E-state index contributed by atoms with van der Waals surface area (Å²) >= 11 is 11.7. The highest BCUT2D eigenvalue weighted by Gasteiger charge is 2.22. The Morgan fingerprint density at radius 2 is 1.95 bits per heavy atom. The Hall–Kier alpha value is -1.35. The van der Waals surface area contributed by atoms with Gasteiger partial charge in [0.05, 0.1) is 16.6 Å². The molecule has 20 heavy (non-hydrogen) atoms. The summed E-state index contributed by atoms with van der Waals surface area (Å²) in [5.41, 5.74) is 5.79. The van der Waals surface area contributed by atoms with Crippen LogP contribution in [0.25, 0.3) is 0 Å². The molecule has 0 aliphatic rings. The van der Waals surface area contributed by atoms with Crippen LogP contribution in [0.15, 0.2) is 21.6 Å². The van der Waals surface area contributed by atoms with E-state index in [0.29, 0.717) is 5.89 Å². The first-order chi connectivity index (χ1) is 9.29. The normalized spacial score (nSPS) is 11.8. The zero-order valence-corrected chi connectivity index (χ0v) is 12.6. The maximum Gasteiger partial charge on any atom is 0.243 e. The lowest BCUT2D eigenvalue weighted by Gasteiger charge is -2.09. The predicted octanol–water partition coefficient (Wildman–Crippen LogP) is 1.75. The van der Waals surface area contributed by atoms with Crippen molar-refractivity contribution in [2.24, 2.45) is 0 Å². The van der Waals surface area contributed by atoms with Crippen molar-refractivity contribution in [1.82, 2.24) is 14.9 Å². The number of nitrogens with one attached hydrogen (secondary N) is 1. The van der Waals surface area contributed by atoms with Crippen molar-refractivity contribution in [1.29, 1.82) is 0 Å². The van der Waals surface area contributed by atoms with Crippen LogP contribution in [-0.2, 0) is 16.6 Å². The smallest absolute Gasteiger partial charge is 0.243 e. The van der Waals surface area contributed by atoms with Crippen LogP contribution in [0.5, 0.6) is 0 Å². The Morgan fingerprint density at radius 1 is 1.35 bits per heavy atom. The molecule has 1 aromatic heterocycles. The molecule has 1 aromatic carbocycles. The highest BCUT2D eigenvalue weighted by Crippen LogP contribution is 2.31. The lowest BCUT2D eigenvalue weighted by Crippen LogP contribution is -2.24. The molecule has 0 saturated carbocycles. The molecule has 3 N–H and O–H groups in total. The predicted molar refractivity (Wildman–Crippen MR) is 73.9 cm³/mol. The quantitative estimate of drug-likeness (QED) is 0.822. The Balaban J connectivity index is 2.27. The van der Waals surface area contributed by atoms with Crippen molar-refractivity contribution in [3.8, 4) is 0 Å². The van der Waals surface area contributed by atoms with Crippen molar-refractivity contribution >= 4 is 38.9 Å². The molecule has 0 fully saturated rings. The average Bonchev–Trinajstić information content (AvgIpc) is 2.71. The first kappa shape index (κ1) is 15.0. The average molecular weight is 337 g/mol. The number of nitrogens with zero attached hydrogens (tertiary/aromatic N) is 2. The van der Waals surface area contributed by atoms with E-state index in [-0.39, 0.29) is 33.0 Å². The molecule has 0 spiro atoms. The van der Waals surface area contributed by atoms with E-state index in [1.54, 1.807) is 6.92 Å². The molecule has 0 atom stereocenters. The zero-order valence-electron chi connectivity index (χ0n) is 10.2. The molecule has 1 heterocycles. The number of hydrogen-bond donors (Lipinski definition) is 2. The zero-order chi connectivity index (χ0) is 14.9. The fourth-order valence-electron chi connectivity index (χ4n) is 1.48. The summed E-state index contributed by atoms with van der Waals surface area (Å²) in [6.07, 6.45) is 0. The third-order valence-corrected chi connectivity index (χ3v) is 4.60. The van der Waals surface area contributed by atoms with E-state index < -0.39 is 10.0 Å². The van der Waals surface area contributed by atoms with Crippen LogP contribution in [-0.4, -0.2) is 18.6 Å². The minimum atomic E-state index is -3.92. The molecular formula is C10H10Cl2N4O3S. The number of rotatable bonds is 4. The molecule has 7 nitrogen and oxygen atoms in total. The largest absolute Gasteiger partial charge is 0.399 e. The number of nitrogens with two attached hydrogens (primary N) is 1. The number of nitrogen functional groups attached to an aromatic ring is 1. The third-order valence-electron chi connectivity index (χ3n) is 2.28. The van der Waals surface area contributed by atoms with Crippen molar-refractivity contribution in [2.75, 3.05) is 5.73 Å². The van der Waals surface area contributed by atoms with Gasteiger partial charge in [-0.25, -0.2) is 13.1 Å². The van der Waals surface area contributed by atoms with E-state index in [2.05, 4.69) is 14.9 Å². The van der Waals surface area contributed by atoms with Crippen molar-refractivity contribution in [3.63, 3.8) is 0 Å². The minimum absolute atomic E-state index is 0.0632. The van der Waals surface area contributed by atoms with Gasteiger partial charge in [-0.1, -0.05) is 28.4 Å². The van der Waals surface area contributed by atoms with Crippen molar-refractivity contribution < 1.29 is 12.9 Å². The molecule has 0 aliphatic heterocycles. The second-order valence-corrected chi connectivity index (χ2v) is 6.39. The van der Waals surface area contributed by atoms with E-state index in [4.69, 9.17) is 33.5 Å². The molecule has 108 valence electrons. The molecule has 0 unspecified atom stereocenters. The van der Waals surface area contributed by atoms with Gasteiger partial charge in [0, 0.05) is 12.6 Å². The summed E-state index contributed by atoms with van der Waals surface area (Å²) in [6, 6.07) is 2.61. The summed E-state index contributed by atoms with van der Waals surface area (Å²) in [5.74, 6) is 0.538. The van der Waals surface area contributed by atoms with Crippen LogP contribution in [0, 0.1) is 6.92 Å². The topological polar surface area (TPSA) is 111 Å². The van der Waals surface area contributed by atoms with Gasteiger partial charge in [-0.2, -0.15) is 4.98 Å². The van der Waals surface area contributed by atoms with Crippen LogP contribution in [0.2, 0.25) is 10.0 Å². The van der Waals surface area contributed by atoms with Gasteiger partial charge in [-0.05, 0) is 12.1 Å². The van der Waals surface area contributed by atoms with Gasteiger partial charge in [0.1, 0.15) is 4.90 Å². The highest BCUT2D eigenvalue weighted by atomic mass is 35.5. The second-order valence-electron chi connectivity index (χ2n) is 3.87. The van der Waals surface area contributed by atoms with Crippen LogP contribution in [0.4, 0.5) is 5.69 Å². The molecule has 2 rings (SSSR count). The fourth-order valence-corrected chi connectivity index (χ4v) is 3.69. The standard InChI is InChI=1S/C10H10Cl2N4O3S/c1-5-15-9(16-19-5)4-14-20(17,18)10-7(11)2-6(13)3-8(10)12/h2-3,14H,4,13H2,1H3. The van der Waals surface area contributed by atoms with Gasteiger partial charge < -0.3 is 10.3 Å². The molecule has 0 bridgehead atoms. The van der Waals surface area contributed by atoms with Gasteiger partial charge in [0.2, 0.25) is 15.9 Å². The Kier molecular flexibility index (Phi) is 4.19. The van der Waals surface area contributed by atoms with Crippen LogP contribution in [0.1, 0.15) is 11.7 Å². The molecule has 0 amide bonds. The van der Waals surface area contributed by atoms with Gasteiger partial charge in [0.15, 0.2) is 5.82 Å². The van der Waals surface area contributed by atoms with Crippen LogP contribution in [0.3, 0.4) is 0 Å². The first-order valence-electron chi connectivity index (χ1n) is 5.33. The monoisotopic (exact) mass is 336 g/mol. The van der Waals surface area contributed by atoms with E-state index in [9.17, 15) is 8.42 Å². The second kappa shape index (κ2) is 5.57. The lowest BCUT2D eigenvalue weighted by molar-refractivity contribution is 0.387. The molecule has 0 aliphatic carbocycles. The maximum absolute atomic E-state index is 12.2. The molecule has 0 saturated heterocycles. The van der Waals surface area contributed by atoms with Crippen LogP contribution < -0.4 is 10.5 Å². The Labute approximate surface area is 125 Å². The molecule has 10 heteroatoms. The van der Waals surface area contributed by atoms with Crippen LogP contribution >= 0.6 is 23.2 Å². The number of hydrogen-bond acceptors (Lipinski definition) is 6. The maximum atomic E-state index is 12.2. The number of benzene rings is 1. The van der Waals surface area contributed by atoms with Gasteiger partial charge in [-0.3, -0.25) is 0 Å². The van der Waals surface area contributed by atoms with Gasteiger partial charge in [0.25, 0.3) is 0 Å². The minimum Gasteiger partial charge on any atom is -0.399 e.